The highest BCUT2D eigenvalue weighted by atomic mass is 16.2. The van der Waals surface area contributed by atoms with E-state index < -0.39 is 5.54 Å². The zero-order valence-corrected chi connectivity index (χ0v) is 12.7. The van der Waals surface area contributed by atoms with Crippen molar-refractivity contribution in [2.24, 2.45) is 0 Å². The smallest absolute Gasteiger partial charge is 0.323 e. The number of benzene rings is 1. The maximum absolute atomic E-state index is 12.7. The van der Waals surface area contributed by atoms with E-state index in [4.69, 9.17) is 0 Å². The van der Waals surface area contributed by atoms with Crippen LogP contribution in [-0.4, -0.2) is 40.5 Å². The highest BCUT2D eigenvalue weighted by molar-refractivity contribution is 6.07. The predicted molar refractivity (Wildman–Crippen MR) is 82.0 cm³/mol. The van der Waals surface area contributed by atoms with Crippen molar-refractivity contribution >= 4 is 11.9 Å². The molecule has 116 valence electrons. The number of amides is 3. The fraction of sp³-hybridized carbons (Fsp3) is 0.529. The molecular weight excluding hydrogens is 278 g/mol. The lowest BCUT2D eigenvalue weighted by molar-refractivity contribution is -0.132. The first-order chi connectivity index (χ1) is 10.7. The van der Waals surface area contributed by atoms with Gasteiger partial charge in [-0.3, -0.25) is 9.69 Å². The topological polar surface area (TPSA) is 52.7 Å². The molecule has 0 unspecified atom stereocenters. The summed E-state index contributed by atoms with van der Waals surface area (Å²) in [6.07, 6.45) is 4.60. The maximum atomic E-state index is 12.7. The van der Waals surface area contributed by atoms with Crippen LogP contribution in [0.3, 0.4) is 0 Å². The minimum Gasteiger partial charge on any atom is -0.323 e. The minimum atomic E-state index is -0.592. The number of rotatable bonds is 2. The van der Waals surface area contributed by atoms with Crippen molar-refractivity contribution in [1.29, 1.82) is 0 Å². The number of imide groups is 1. The number of carbonyl (C=O) groups is 2. The summed E-state index contributed by atoms with van der Waals surface area (Å²) in [5, 5.41) is 2.95. The molecule has 0 atom stereocenters. The third-order valence-electron chi connectivity index (χ3n) is 5.25. The van der Waals surface area contributed by atoms with E-state index in [1.807, 2.05) is 6.07 Å². The molecule has 1 spiro atoms. The molecule has 2 fully saturated rings. The van der Waals surface area contributed by atoms with Crippen LogP contribution in [0, 0.1) is 0 Å². The van der Waals surface area contributed by atoms with Gasteiger partial charge in [0.05, 0.1) is 6.67 Å². The van der Waals surface area contributed by atoms with Crippen molar-refractivity contribution in [3.05, 3.63) is 35.4 Å². The summed E-state index contributed by atoms with van der Waals surface area (Å²) in [6.45, 7) is 2.10. The molecule has 1 saturated heterocycles. The Bertz CT molecular complexity index is 622. The van der Waals surface area contributed by atoms with E-state index in [1.54, 1.807) is 0 Å². The van der Waals surface area contributed by atoms with E-state index in [1.165, 1.54) is 16.0 Å². The molecule has 0 aromatic heterocycles. The SMILES string of the molecule is O=C1NC2(CCCC2)C(=O)N1CN1CCc2ccccc2C1. The van der Waals surface area contributed by atoms with E-state index in [2.05, 4.69) is 28.4 Å². The van der Waals surface area contributed by atoms with E-state index in [0.29, 0.717) is 6.67 Å². The fourth-order valence-corrected chi connectivity index (χ4v) is 4.00. The second kappa shape index (κ2) is 5.09. The van der Waals surface area contributed by atoms with Gasteiger partial charge in [0.25, 0.3) is 5.91 Å². The van der Waals surface area contributed by atoms with Crippen molar-refractivity contribution in [2.45, 2.75) is 44.2 Å². The third-order valence-corrected chi connectivity index (χ3v) is 5.25. The Labute approximate surface area is 130 Å². The number of nitrogens with one attached hydrogen (secondary N) is 1. The van der Waals surface area contributed by atoms with Gasteiger partial charge in [0.15, 0.2) is 0 Å². The van der Waals surface area contributed by atoms with Gasteiger partial charge < -0.3 is 5.32 Å². The number of hydrogen-bond donors (Lipinski definition) is 1. The van der Waals surface area contributed by atoms with E-state index in [9.17, 15) is 9.59 Å². The summed E-state index contributed by atoms with van der Waals surface area (Å²) in [6, 6.07) is 8.18. The van der Waals surface area contributed by atoms with Crippen molar-refractivity contribution in [3.8, 4) is 0 Å². The molecule has 5 nitrogen and oxygen atoms in total. The van der Waals surface area contributed by atoms with Crippen LogP contribution >= 0.6 is 0 Å². The molecule has 2 aliphatic heterocycles. The fourth-order valence-electron chi connectivity index (χ4n) is 4.00. The Morgan fingerprint density at radius 2 is 1.82 bits per heavy atom. The Kier molecular flexibility index (Phi) is 3.18. The highest BCUT2D eigenvalue weighted by Crippen LogP contribution is 2.35. The van der Waals surface area contributed by atoms with Gasteiger partial charge in [-0.2, -0.15) is 0 Å². The van der Waals surface area contributed by atoms with E-state index in [-0.39, 0.29) is 11.9 Å². The van der Waals surface area contributed by atoms with Gasteiger partial charge in [0.2, 0.25) is 0 Å². The van der Waals surface area contributed by atoms with Crippen LogP contribution in [0.15, 0.2) is 24.3 Å². The van der Waals surface area contributed by atoms with Crippen LogP contribution in [0.1, 0.15) is 36.8 Å². The Morgan fingerprint density at radius 1 is 1.09 bits per heavy atom. The zero-order valence-electron chi connectivity index (χ0n) is 12.7. The average molecular weight is 299 g/mol. The lowest BCUT2D eigenvalue weighted by Crippen LogP contribution is -2.46. The summed E-state index contributed by atoms with van der Waals surface area (Å²) >= 11 is 0. The van der Waals surface area contributed by atoms with Crippen LogP contribution < -0.4 is 5.32 Å². The molecule has 1 aromatic rings. The van der Waals surface area contributed by atoms with Gasteiger partial charge in [-0.25, -0.2) is 9.69 Å². The first-order valence-electron chi connectivity index (χ1n) is 8.11. The number of fused-ring (bicyclic) bond motifs is 1. The second-order valence-electron chi connectivity index (χ2n) is 6.67. The van der Waals surface area contributed by atoms with Crippen molar-refractivity contribution in [3.63, 3.8) is 0 Å². The first kappa shape index (κ1) is 13.8. The van der Waals surface area contributed by atoms with E-state index in [0.717, 1.165) is 45.2 Å². The number of nitrogens with zero attached hydrogens (tertiary/aromatic N) is 2. The van der Waals surface area contributed by atoms with Crippen LogP contribution in [0.25, 0.3) is 0 Å². The van der Waals surface area contributed by atoms with Crippen LogP contribution in [0.5, 0.6) is 0 Å². The number of urea groups is 1. The predicted octanol–water partition coefficient (Wildman–Crippen LogP) is 1.87. The quantitative estimate of drug-likeness (QED) is 0.848. The summed E-state index contributed by atoms with van der Waals surface area (Å²) in [4.78, 5) is 28.5. The summed E-state index contributed by atoms with van der Waals surface area (Å²) < 4.78 is 0. The molecule has 0 bridgehead atoms. The van der Waals surface area contributed by atoms with Gasteiger partial charge in [-0.05, 0) is 30.4 Å². The van der Waals surface area contributed by atoms with Gasteiger partial charge >= 0.3 is 6.03 Å². The molecule has 1 aromatic carbocycles. The summed E-state index contributed by atoms with van der Waals surface area (Å²) in [5.41, 5.74) is 2.09. The Morgan fingerprint density at radius 3 is 2.59 bits per heavy atom. The van der Waals surface area contributed by atoms with Crippen LogP contribution in [0.4, 0.5) is 4.79 Å². The largest absolute Gasteiger partial charge is 0.326 e. The lowest BCUT2D eigenvalue weighted by Gasteiger charge is -2.31. The molecule has 2 heterocycles. The van der Waals surface area contributed by atoms with Crippen molar-refractivity contribution in [2.75, 3.05) is 13.2 Å². The molecule has 1 N–H and O–H groups in total. The van der Waals surface area contributed by atoms with Gasteiger partial charge in [0, 0.05) is 13.1 Å². The number of hydrogen-bond acceptors (Lipinski definition) is 3. The molecule has 1 saturated carbocycles. The maximum Gasteiger partial charge on any atom is 0.326 e. The molecule has 4 rings (SSSR count). The molecule has 0 radical (unpaired) electrons. The van der Waals surface area contributed by atoms with Gasteiger partial charge in [0.1, 0.15) is 5.54 Å². The number of carbonyl (C=O) groups excluding carboxylic acids is 2. The Hall–Kier alpha value is -1.88. The lowest BCUT2D eigenvalue weighted by atomic mass is 9.98. The molecule has 3 amide bonds. The summed E-state index contributed by atoms with van der Waals surface area (Å²) in [7, 11) is 0. The normalized spacial score (nSPS) is 23.9. The second-order valence-corrected chi connectivity index (χ2v) is 6.67. The Balaban J connectivity index is 1.48. The molecule has 5 heteroatoms. The standard InChI is InChI=1S/C17H21N3O2/c21-15-17(8-3-4-9-17)18-16(22)20(15)12-19-10-7-13-5-1-2-6-14(13)11-19/h1-2,5-6H,3-4,7-12H2,(H,18,22). The zero-order chi connectivity index (χ0) is 15.2. The van der Waals surface area contributed by atoms with Gasteiger partial charge in [-0.1, -0.05) is 37.1 Å². The third kappa shape index (κ3) is 2.11. The van der Waals surface area contributed by atoms with Crippen LogP contribution in [0.2, 0.25) is 0 Å². The highest BCUT2D eigenvalue weighted by Gasteiger charge is 2.52. The van der Waals surface area contributed by atoms with Gasteiger partial charge in [-0.15, -0.1) is 0 Å². The average Bonchev–Trinajstić information content (AvgIpc) is 3.09. The monoisotopic (exact) mass is 299 g/mol. The summed E-state index contributed by atoms with van der Waals surface area (Å²) in [5.74, 6) is -0.0196. The molecule has 22 heavy (non-hydrogen) atoms. The molecule has 3 aliphatic rings. The minimum absolute atomic E-state index is 0.0196. The molecule has 1 aliphatic carbocycles. The first-order valence-corrected chi connectivity index (χ1v) is 8.11. The van der Waals surface area contributed by atoms with Crippen LogP contribution in [-0.2, 0) is 17.8 Å². The molecular formula is C17H21N3O2. The van der Waals surface area contributed by atoms with E-state index >= 15 is 0 Å². The van der Waals surface area contributed by atoms with Crippen molar-refractivity contribution < 1.29 is 9.59 Å². The van der Waals surface area contributed by atoms with Crippen molar-refractivity contribution in [1.82, 2.24) is 15.1 Å².